The average Bonchev–Trinajstić information content (AvgIpc) is 0.722. The Kier molecular flexibility index (Phi) is 2.92. The van der Waals surface area contributed by atoms with Crippen molar-refractivity contribution in [3.05, 3.63) is 0 Å². The van der Waals surface area contributed by atoms with Gasteiger partial charge in [0, 0.05) is 0 Å². The number of rotatable bonds is 0. The lowest BCUT2D eigenvalue weighted by Crippen LogP contribution is -1.84. The second-order valence-corrected chi connectivity index (χ2v) is 9.19. The fourth-order valence-electron chi connectivity index (χ4n) is 0. The maximum atomic E-state index is 5.50. The Morgan fingerprint density at radius 3 is 1.60 bits per heavy atom. The van der Waals surface area contributed by atoms with E-state index in [0.717, 1.165) is 0 Å². The first-order valence-corrected chi connectivity index (χ1v) is 3.60. The smallest absolute Gasteiger partial charge is 0.0963 e. The molecule has 0 aliphatic carbocycles. The van der Waals surface area contributed by atoms with E-state index in [2.05, 4.69) is 45.2 Å². The largest absolute Gasteiger partial charge is 0.143 e. The molecule has 3 heteroatoms. The fourth-order valence-corrected chi connectivity index (χ4v) is 0. The van der Waals surface area contributed by atoms with Crippen LogP contribution in [0.2, 0.25) is 0 Å². The molecule has 0 atom stereocenters. The molecule has 0 nitrogen and oxygen atoms in total. The predicted octanol–water partition coefficient (Wildman–Crippen LogP) is 2.77. The second kappa shape index (κ2) is 2.16. The van der Waals surface area contributed by atoms with Gasteiger partial charge in [0.2, 0.25) is 0 Å². The van der Waals surface area contributed by atoms with E-state index < -0.39 is 0 Å². The number of alkyl halides is 3. The minimum absolute atomic E-state index is 0.0878. The van der Waals surface area contributed by atoms with Crippen LogP contribution in [-0.4, -0.2) is 0.888 Å². The third-order valence-corrected chi connectivity index (χ3v) is 0. The Balaban J connectivity index is 3.02. The monoisotopic (exact) mass is 316 g/mol. The quantitative estimate of drug-likeness (QED) is 0.476. The van der Waals surface area contributed by atoms with E-state index in [9.17, 15) is 0 Å². The first kappa shape index (κ1) is 6.75. The molecular formula is C2H3ClI2. The number of halogens is 3. The summed E-state index contributed by atoms with van der Waals surface area (Å²) in [6.45, 7) is 1.93. The van der Waals surface area contributed by atoms with Gasteiger partial charge in [0.15, 0.2) is 0 Å². The maximum Gasteiger partial charge on any atom is 0.143 e. The van der Waals surface area contributed by atoms with Gasteiger partial charge in [-0.25, -0.2) is 0 Å². The van der Waals surface area contributed by atoms with Crippen LogP contribution in [0.1, 0.15) is 6.92 Å². The van der Waals surface area contributed by atoms with E-state index in [0.29, 0.717) is 0 Å². The highest BCUT2D eigenvalue weighted by atomic mass is 127. The summed E-state index contributed by atoms with van der Waals surface area (Å²) in [5, 5.41) is 0. The number of hydrogen-bond acceptors (Lipinski definition) is 0. The molecule has 0 amide bonds. The van der Waals surface area contributed by atoms with Gasteiger partial charge in [-0.05, 0) is 52.1 Å². The van der Waals surface area contributed by atoms with Crippen LogP contribution in [-0.2, 0) is 0 Å². The highest BCUT2D eigenvalue weighted by Crippen LogP contribution is 2.30. The third kappa shape index (κ3) is 26.4. The van der Waals surface area contributed by atoms with Crippen LogP contribution < -0.4 is 0 Å². The summed E-state index contributed by atoms with van der Waals surface area (Å²) >= 11 is 9.76. The Morgan fingerprint density at radius 1 is 1.60 bits per heavy atom. The molecular weight excluding hydrogens is 313 g/mol. The van der Waals surface area contributed by atoms with Gasteiger partial charge < -0.3 is 0 Å². The van der Waals surface area contributed by atoms with Crippen molar-refractivity contribution in [1.29, 1.82) is 0 Å². The molecule has 0 heterocycles. The van der Waals surface area contributed by atoms with Gasteiger partial charge in [-0.15, -0.1) is 0 Å². The Bertz CT molecular complexity index is 23.1. The Morgan fingerprint density at radius 2 is 1.60 bits per heavy atom. The van der Waals surface area contributed by atoms with Gasteiger partial charge in [-0.1, -0.05) is 11.6 Å². The lowest BCUT2D eigenvalue weighted by atomic mass is 11.0. The van der Waals surface area contributed by atoms with E-state index in [1.165, 1.54) is 0 Å². The minimum Gasteiger partial charge on any atom is -0.0963 e. The molecule has 0 saturated carbocycles. The number of hydrogen-bond donors (Lipinski definition) is 0. The third-order valence-electron chi connectivity index (χ3n) is 0. The van der Waals surface area contributed by atoms with Crippen molar-refractivity contribution < 1.29 is 0 Å². The molecule has 0 aromatic carbocycles. The molecule has 32 valence electrons. The zero-order valence-electron chi connectivity index (χ0n) is 2.63. The van der Waals surface area contributed by atoms with E-state index >= 15 is 0 Å². The van der Waals surface area contributed by atoms with Crippen LogP contribution in [0.5, 0.6) is 0 Å². The molecule has 0 rings (SSSR count). The summed E-state index contributed by atoms with van der Waals surface area (Å²) < 4.78 is -0.0878. The van der Waals surface area contributed by atoms with Crippen LogP contribution >= 0.6 is 56.8 Å². The molecule has 0 spiro atoms. The SMILES string of the molecule is CC(Cl)(I)I. The van der Waals surface area contributed by atoms with Crippen molar-refractivity contribution in [3.63, 3.8) is 0 Å². The lowest BCUT2D eigenvalue weighted by Gasteiger charge is -1.96. The molecule has 0 aliphatic rings. The predicted molar refractivity (Wildman–Crippen MR) is 42.3 cm³/mol. The highest BCUT2D eigenvalue weighted by molar-refractivity contribution is 14.2. The molecule has 0 aliphatic heterocycles. The van der Waals surface area contributed by atoms with Crippen molar-refractivity contribution in [1.82, 2.24) is 0 Å². The van der Waals surface area contributed by atoms with Crippen LogP contribution in [0.4, 0.5) is 0 Å². The molecule has 0 N–H and O–H groups in total. The highest BCUT2D eigenvalue weighted by Gasteiger charge is 2.05. The first-order valence-electron chi connectivity index (χ1n) is 1.07. The maximum absolute atomic E-state index is 5.50. The van der Waals surface area contributed by atoms with Gasteiger partial charge in [0.05, 0.1) is 0 Å². The van der Waals surface area contributed by atoms with Crippen molar-refractivity contribution in [2.75, 3.05) is 0 Å². The van der Waals surface area contributed by atoms with Crippen LogP contribution in [0, 0.1) is 0 Å². The summed E-state index contributed by atoms with van der Waals surface area (Å²) in [4.78, 5) is 0. The van der Waals surface area contributed by atoms with Gasteiger partial charge in [-0.2, -0.15) is 0 Å². The molecule has 0 bridgehead atoms. The summed E-state index contributed by atoms with van der Waals surface area (Å²) in [7, 11) is 0. The minimum atomic E-state index is -0.0878. The topological polar surface area (TPSA) is 0 Å². The van der Waals surface area contributed by atoms with Crippen molar-refractivity contribution in [2.24, 2.45) is 0 Å². The Labute approximate surface area is 63.9 Å². The van der Waals surface area contributed by atoms with Gasteiger partial charge >= 0.3 is 0 Å². The second-order valence-electron chi connectivity index (χ2n) is 0.781. The lowest BCUT2D eigenvalue weighted by molar-refractivity contribution is 1.42. The molecule has 0 radical (unpaired) electrons. The van der Waals surface area contributed by atoms with Crippen LogP contribution in [0.25, 0.3) is 0 Å². The van der Waals surface area contributed by atoms with Gasteiger partial charge in [0.1, 0.15) is 0.888 Å². The molecule has 0 aromatic rings. The molecule has 0 fully saturated rings. The average molecular weight is 316 g/mol. The standard InChI is InChI=1S/C2H3ClI2/c1-2(3,4)5/h1H3. The van der Waals surface area contributed by atoms with Crippen LogP contribution in [0.15, 0.2) is 0 Å². The van der Waals surface area contributed by atoms with Gasteiger partial charge in [0.25, 0.3) is 0 Å². The summed E-state index contributed by atoms with van der Waals surface area (Å²) in [5.74, 6) is 0. The van der Waals surface area contributed by atoms with Crippen molar-refractivity contribution >= 4 is 56.8 Å². The van der Waals surface area contributed by atoms with Crippen LogP contribution in [0.3, 0.4) is 0 Å². The first-order chi connectivity index (χ1) is 2.00. The fraction of sp³-hybridized carbons (Fsp3) is 1.00. The van der Waals surface area contributed by atoms with Crippen molar-refractivity contribution in [2.45, 2.75) is 7.81 Å². The summed E-state index contributed by atoms with van der Waals surface area (Å²) in [6.07, 6.45) is 0. The molecule has 0 unspecified atom stereocenters. The van der Waals surface area contributed by atoms with E-state index in [1.54, 1.807) is 0 Å². The molecule has 0 aromatic heterocycles. The summed E-state index contributed by atoms with van der Waals surface area (Å²) in [5.41, 5.74) is 0. The van der Waals surface area contributed by atoms with E-state index in [-0.39, 0.29) is 0.888 Å². The zero-order chi connectivity index (χ0) is 4.50. The van der Waals surface area contributed by atoms with Crippen molar-refractivity contribution in [3.8, 4) is 0 Å². The zero-order valence-corrected chi connectivity index (χ0v) is 7.70. The van der Waals surface area contributed by atoms with E-state index in [1.807, 2.05) is 6.92 Å². The van der Waals surface area contributed by atoms with Gasteiger partial charge in [-0.3, -0.25) is 0 Å². The Hall–Kier alpha value is 1.75. The molecule has 0 saturated heterocycles. The molecule has 5 heavy (non-hydrogen) atoms. The summed E-state index contributed by atoms with van der Waals surface area (Å²) in [6, 6.07) is 0. The van der Waals surface area contributed by atoms with E-state index in [4.69, 9.17) is 11.6 Å². The normalized spacial score (nSPS) is 12.0.